The van der Waals surface area contributed by atoms with Gasteiger partial charge in [-0.25, -0.2) is 0 Å². The van der Waals surface area contributed by atoms with Crippen LogP contribution in [0.3, 0.4) is 0 Å². The predicted octanol–water partition coefficient (Wildman–Crippen LogP) is -5.46. The molecule has 1 rings (SSSR count). The van der Waals surface area contributed by atoms with E-state index in [1.54, 1.807) is 0 Å². The molecule has 0 spiro atoms. The third-order valence-electron chi connectivity index (χ3n) is 1.18. The first kappa shape index (κ1) is 15.8. The van der Waals surface area contributed by atoms with Crippen molar-refractivity contribution in [2.75, 3.05) is 0 Å². The quantitative estimate of drug-likeness (QED) is 0.362. The van der Waals surface area contributed by atoms with Crippen LogP contribution in [0.15, 0.2) is 18.3 Å². The third kappa shape index (κ3) is 4.92. The summed E-state index contributed by atoms with van der Waals surface area (Å²) in [5.74, 6) is 0. The average Bonchev–Trinajstić information content (AvgIpc) is 2.05. The molecule has 1 heterocycles. The Balaban J connectivity index is 0. The van der Waals surface area contributed by atoms with Crippen LogP contribution in [-0.2, 0) is 0 Å². The van der Waals surface area contributed by atoms with Crippen molar-refractivity contribution in [2.45, 2.75) is 0 Å². The zero-order valence-electron chi connectivity index (χ0n) is 6.88. The average molecular weight is 213 g/mol. The number of aromatic nitrogens is 1. The second-order valence-electron chi connectivity index (χ2n) is 1.93. The summed E-state index contributed by atoms with van der Waals surface area (Å²) in [6.45, 7) is 0. The molecule has 13 heavy (non-hydrogen) atoms. The van der Waals surface area contributed by atoms with Gasteiger partial charge >= 0.3 is 58.7 Å². The molecular weight excluding hydrogens is 209 g/mol. The number of hydrogen-bond acceptors (Lipinski definition) is 2. The fraction of sp³-hybridized carbons (Fsp3) is 0. The molecule has 0 unspecified atom stereocenters. The van der Waals surface area contributed by atoms with Gasteiger partial charge in [0.1, 0.15) is 5.69 Å². The van der Waals surface area contributed by atoms with Gasteiger partial charge < -0.3 is 4.70 Å². The number of rotatable bonds is 2. The monoisotopic (exact) mass is 213 g/mol. The molecule has 0 aliphatic carbocycles. The van der Waals surface area contributed by atoms with Gasteiger partial charge in [0.2, 0.25) is 0 Å². The Morgan fingerprint density at radius 2 is 2.00 bits per heavy atom. The van der Waals surface area contributed by atoms with Gasteiger partial charge in [0.05, 0.1) is 0 Å². The van der Waals surface area contributed by atoms with E-state index in [9.17, 15) is 13.4 Å². The van der Waals surface area contributed by atoms with Gasteiger partial charge in [-0.05, 0) is 6.07 Å². The molecule has 7 heteroatoms. The molecule has 0 atom stereocenters. The van der Waals surface area contributed by atoms with Crippen molar-refractivity contribution in [1.29, 1.82) is 0 Å². The summed E-state index contributed by atoms with van der Waals surface area (Å²) in [6.07, 6.45) is 1.50. The summed E-state index contributed by atoms with van der Waals surface area (Å²) in [5.41, 5.74) is -0.00926. The van der Waals surface area contributed by atoms with Crippen molar-refractivity contribution in [1.82, 2.24) is 4.98 Å². The number of hydrogen-bond donors (Lipinski definition) is 0. The maximum Gasteiger partial charge on any atom is 1.00 e. The van der Waals surface area contributed by atoms with E-state index in [-0.39, 0.29) is 67.2 Å². The summed E-state index contributed by atoms with van der Waals surface area (Å²) >= 11 is 0. The standard InChI is InChI=1S/C6H4BF2NO.FH.K/c8-7(9)5-1-2-6(4-11)10-3-5;;/h1-4H;1H;/q;;+1/p-1. The summed E-state index contributed by atoms with van der Waals surface area (Å²) in [7, 11) is -2.52. The maximum absolute atomic E-state index is 11.9. The van der Waals surface area contributed by atoms with Crippen LogP contribution in [0, 0.1) is 0 Å². The number of carbonyl (C=O) groups is 1. The first-order valence-electron chi connectivity index (χ1n) is 2.93. The molecule has 0 aliphatic heterocycles. The van der Waals surface area contributed by atoms with Gasteiger partial charge in [0, 0.05) is 11.7 Å². The Labute approximate surface area is 116 Å². The smallest absolute Gasteiger partial charge is 1.00 e. The van der Waals surface area contributed by atoms with Crippen molar-refractivity contribution in [3.63, 3.8) is 0 Å². The van der Waals surface area contributed by atoms with Crippen LogP contribution >= 0.6 is 0 Å². The molecule has 0 aromatic carbocycles. The number of nitrogens with zero attached hydrogens (tertiary/aromatic N) is 1. The minimum absolute atomic E-state index is 0. The number of halogens is 3. The van der Waals surface area contributed by atoms with E-state index in [0.717, 1.165) is 6.20 Å². The first-order chi connectivity index (χ1) is 5.24. The SMILES string of the molecule is O=Cc1ccc(B(F)F)cn1.[F-].[K+]. The van der Waals surface area contributed by atoms with E-state index in [0.29, 0.717) is 6.29 Å². The molecule has 1 aromatic heterocycles. The van der Waals surface area contributed by atoms with Gasteiger partial charge in [-0.2, -0.15) is 0 Å². The number of aldehydes is 1. The Bertz CT molecular complexity index is 257. The van der Waals surface area contributed by atoms with E-state index < -0.39 is 7.27 Å². The second kappa shape index (κ2) is 7.69. The summed E-state index contributed by atoms with van der Waals surface area (Å²) in [5, 5.41) is 0. The van der Waals surface area contributed by atoms with E-state index in [4.69, 9.17) is 0 Å². The van der Waals surface area contributed by atoms with Crippen molar-refractivity contribution in [3.05, 3.63) is 24.0 Å². The molecule has 0 N–H and O–H groups in total. The molecular formula is C6H4BF3KNO. The van der Waals surface area contributed by atoms with Gasteiger partial charge in [0.15, 0.2) is 6.29 Å². The minimum atomic E-state index is -2.52. The van der Waals surface area contributed by atoms with Crippen molar-refractivity contribution >= 4 is 19.0 Å². The Hall–Kier alpha value is 0.311. The third-order valence-corrected chi connectivity index (χ3v) is 1.18. The van der Waals surface area contributed by atoms with Crippen molar-refractivity contribution < 1.29 is 69.5 Å². The van der Waals surface area contributed by atoms with Crippen LogP contribution in [0.4, 0.5) is 8.63 Å². The van der Waals surface area contributed by atoms with E-state index in [1.165, 1.54) is 12.1 Å². The van der Waals surface area contributed by atoms with Gasteiger partial charge in [0.25, 0.3) is 0 Å². The normalized spacial score (nSPS) is 7.85. The zero-order chi connectivity index (χ0) is 8.27. The van der Waals surface area contributed by atoms with Crippen LogP contribution < -0.4 is 61.6 Å². The molecule has 0 bridgehead atoms. The summed E-state index contributed by atoms with van der Waals surface area (Å²) in [4.78, 5) is 13.5. The van der Waals surface area contributed by atoms with Crippen molar-refractivity contribution in [3.8, 4) is 0 Å². The fourth-order valence-electron chi connectivity index (χ4n) is 0.616. The maximum atomic E-state index is 11.9. The van der Waals surface area contributed by atoms with Gasteiger partial charge in [-0.15, -0.1) is 0 Å². The Morgan fingerprint density at radius 1 is 1.38 bits per heavy atom. The van der Waals surface area contributed by atoms with Crippen LogP contribution in [0.25, 0.3) is 0 Å². The molecule has 2 nitrogen and oxygen atoms in total. The molecule has 0 aliphatic rings. The van der Waals surface area contributed by atoms with Crippen LogP contribution in [0.1, 0.15) is 10.5 Å². The summed E-state index contributed by atoms with van der Waals surface area (Å²) < 4.78 is 23.7. The molecule has 0 amide bonds. The van der Waals surface area contributed by atoms with Crippen LogP contribution in [0.2, 0.25) is 0 Å². The predicted molar refractivity (Wildman–Crippen MR) is 37.2 cm³/mol. The van der Waals surface area contributed by atoms with E-state index in [1.807, 2.05) is 0 Å². The molecule has 0 radical (unpaired) electrons. The second-order valence-corrected chi connectivity index (χ2v) is 1.93. The van der Waals surface area contributed by atoms with Gasteiger partial charge in [-0.1, -0.05) is 6.07 Å². The zero-order valence-corrected chi connectivity index (χ0v) is 10.00. The Kier molecular flexibility index (Phi) is 9.33. The van der Waals surface area contributed by atoms with E-state index in [2.05, 4.69) is 4.98 Å². The number of pyridine rings is 1. The fourth-order valence-corrected chi connectivity index (χ4v) is 0.616. The first-order valence-corrected chi connectivity index (χ1v) is 2.93. The van der Waals surface area contributed by atoms with Gasteiger partial charge in [-0.3, -0.25) is 18.4 Å². The topological polar surface area (TPSA) is 30.0 Å². The molecule has 0 fully saturated rings. The minimum Gasteiger partial charge on any atom is -1.00 e. The largest absolute Gasteiger partial charge is 1.00 e. The van der Waals surface area contributed by atoms with Crippen LogP contribution in [-0.4, -0.2) is 18.5 Å². The molecule has 0 saturated carbocycles. The Morgan fingerprint density at radius 3 is 2.31 bits per heavy atom. The van der Waals surface area contributed by atoms with Crippen molar-refractivity contribution in [2.24, 2.45) is 0 Å². The molecule has 64 valence electrons. The van der Waals surface area contributed by atoms with E-state index >= 15 is 0 Å². The van der Waals surface area contributed by atoms with Crippen LogP contribution in [0.5, 0.6) is 0 Å². The molecule has 0 saturated heterocycles. The number of carbonyl (C=O) groups excluding carboxylic acids is 1. The molecule has 1 aromatic rings. The summed E-state index contributed by atoms with van der Waals surface area (Å²) in [6, 6.07) is 2.44.